The summed E-state index contributed by atoms with van der Waals surface area (Å²) in [5, 5.41) is 2.19. The molecule has 0 aliphatic heterocycles. The fourth-order valence-corrected chi connectivity index (χ4v) is 3.79. The molecule has 1 N–H and O–H groups in total. The van der Waals surface area contributed by atoms with Gasteiger partial charge in [0.25, 0.3) is 5.91 Å². The number of rotatable bonds is 7. The number of ether oxygens (including phenoxy) is 1. The van der Waals surface area contributed by atoms with Gasteiger partial charge in [-0.05, 0) is 30.7 Å². The lowest BCUT2D eigenvalue weighted by molar-refractivity contribution is 0.0977. The number of benzene rings is 1. The van der Waals surface area contributed by atoms with Crippen molar-refractivity contribution < 1.29 is 17.9 Å². The molecule has 124 valence electrons. The van der Waals surface area contributed by atoms with Crippen molar-refractivity contribution in [1.82, 2.24) is 9.71 Å². The summed E-state index contributed by atoms with van der Waals surface area (Å²) in [5.74, 6) is -0.0348. The fourth-order valence-electron chi connectivity index (χ4n) is 1.82. The van der Waals surface area contributed by atoms with Crippen molar-refractivity contribution in [3.63, 3.8) is 0 Å². The second kappa shape index (κ2) is 7.56. The predicted octanol–water partition coefficient (Wildman–Crippen LogP) is 2.68. The van der Waals surface area contributed by atoms with Gasteiger partial charge in [0.05, 0.1) is 12.9 Å². The number of carbonyl (C=O) groups excluding carboxylic acids is 1. The number of aromatic nitrogens is 1. The summed E-state index contributed by atoms with van der Waals surface area (Å²) in [5.41, 5.74) is 0.935. The van der Waals surface area contributed by atoms with Crippen LogP contribution >= 0.6 is 11.3 Å². The molecule has 0 unspecified atom stereocenters. The molecule has 1 heterocycles. The van der Waals surface area contributed by atoms with Crippen LogP contribution in [0.5, 0.6) is 5.75 Å². The molecule has 0 saturated heterocycles. The average Bonchev–Trinajstić information content (AvgIpc) is 3.03. The molecule has 1 aromatic carbocycles. The monoisotopic (exact) mass is 354 g/mol. The minimum Gasteiger partial charge on any atom is -0.497 e. The molecule has 1 amide bonds. The third-order valence-corrected chi connectivity index (χ3v) is 5.30. The standard InChI is InChI=1S/C15H18N2O4S2/c1-3-4-9-23(19,20)17-14(18)13-10-22-15(16-13)11-5-7-12(21-2)8-6-11/h5-8,10H,3-4,9H2,1-2H3,(H,17,18). The number of methoxy groups -OCH3 is 1. The zero-order chi connectivity index (χ0) is 16.9. The summed E-state index contributed by atoms with van der Waals surface area (Å²) in [6, 6.07) is 7.26. The van der Waals surface area contributed by atoms with Gasteiger partial charge in [-0.1, -0.05) is 13.3 Å². The number of amides is 1. The second-order valence-electron chi connectivity index (χ2n) is 4.87. The Morgan fingerprint density at radius 3 is 2.61 bits per heavy atom. The Morgan fingerprint density at radius 1 is 1.30 bits per heavy atom. The quantitative estimate of drug-likeness (QED) is 0.826. The number of hydrogen-bond donors (Lipinski definition) is 1. The van der Waals surface area contributed by atoms with E-state index in [4.69, 9.17) is 4.74 Å². The molecule has 0 radical (unpaired) electrons. The van der Waals surface area contributed by atoms with E-state index in [9.17, 15) is 13.2 Å². The van der Waals surface area contributed by atoms with Gasteiger partial charge >= 0.3 is 0 Å². The predicted molar refractivity (Wildman–Crippen MR) is 90.3 cm³/mol. The molecule has 0 aliphatic carbocycles. The van der Waals surface area contributed by atoms with Crippen LogP contribution in [0.15, 0.2) is 29.6 Å². The van der Waals surface area contributed by atoms with Crippen LogP contribution in [-0.2, 0) is 10.0 Å². The van der Waals surface area contributed by atoms with Crippen LogP contribution in [0.3, 0.4) is 0 Å². The van der Waals surface area contributed by atoms with Crippen LogP contribution in [0, 0.1) is 0 Å². The summed E-state index contributed by atoms with van der Waals surface area (Å²) in [7, 11) is -2.02. The van der Waals surface area contributed by atoms with E-state index in [-0.39, 0.29) is 11.4 Å². The Hall–Kier alpha value is -1.93. The molecule has 0 saturated carbocycles. The number of sulfonamides is 1. The molecule has 2 rings (SSSR count). The average molecular weight is 354 g/mol. The maximum absolute atomic E-state index is 12.0. The second-order valence-corrected chi connectivity index (χ2v) is 7.57. The molecule has 0 spiro atoms. The summed E-state index contributed by atoms with van der Waals surface area (Å²) in [6.07, 6.45) is 1.25. The fraction of sp³-hybridized carbons (Fsp3) is 0.333. The van der Waals surface area contributed by atoms with E-state index in [2.05, 4.69) is 4.98 Å². The molecule has 23 heavy (non-hydrogen) atoms. The Balaban J connectivity index is 2.10. The van der Waals surface area contributed by atoms with Gasteiger partial charge in [-0.3, -0.25) is 4.79 Å². The van der Waals surface area contributed by atoms with Crippen molar-refractivity contribution in [2.45, 2.75) is 19.8 Å². The molecule has 6 nitrogen and oxygen atoms in total. The zero-order valence-electron chi connectivity index (χ0n) is 12.9. The Labute approximate surface area is 139 Å². The first-order valence-electron chi connectivity index (χ1n) is 7.10. The van der Waals surface area contributed by atoms with Crippen LogP contribution < -0.4 is 9.46 Å². The lowest BCUT2D eigenvalue weighted by Crippen LogP contribution is -2.32. The third-order valence-electron chi connectivity index (χ3n) is 3.09. The highest BCUT2D eigenvalue weighted by atomic mass is 32.2. The van der Waals surface area contributed by atoms with Gasteiger partial charge in [-0.15, -0.1) is 11.3 Å². The van der Waals surface area contributed by atoms with Crippen molar-refractivity contribution >= 4 is 27.3 Å². The van der Waals surface area contributed by atoms with E-state index in [1.807, 2.05) is 23.8 Å². The minimum atomic E-state index is -3.61. The number of nitrogens with one attached hydrogen (secondary N) is 1. The smallest absolute Gasteiger partial charge is 0.284 e. The first kappa shape index (κ1) is 17.4. The van der Waals surface area contributed by atoms with E-state index < -0.39 is 15.9 Å². The summed E-state index contributed by atoms with van der Waals surface area (Å²) < 4.78 is 30.6. The van der Waals surface area contributed by atoms with Gasteiger partial charge < -0.3 is 4.74 Å². The maximum Gasteiger partial charge on any atom is 0.284 e. The largest absolute Gasteiger partial charge is 0.497 e. The maximum atomic E-state index is 12.0. The van der Waals surface area contributed by atoms with E-state index in [1.54, 1.807) is 24.6 Å². The summed E-state index contributed by atoms with van der Waals surface area (Å²) in [4.78, 5) is 16.2. The number of hydrogen-bond acceptors (Lipinski definition) is 6. The Kier molecular flexibility index (Phi) is 5.73. The normalized spacial score (nSPS) is 11.2. The van der Waals surface area contributed by atoms with E-state index in [0.29, 0.717) is 11.4 Å². The highest BCUT2D eigenvalue weighted by Gasteiger charge is 2.18. The number of carbonyl (C=O) groups is 1. The van der Waals surface area contributed by atoms with E-state index in [0.717, 1.165) is 17.7 Å². The molecule has 0 fully saturated rings. The van der Waals surface area contributed by atoms with E-state index >= 15 is 0 Å². The molecule has 1 aromatic heterocycles. The SMILES string of the molecule is CCCCS(=O)(=O)NC(=O)c1csc(-c2ccc(OC)cc2)n1. The number of unbranched alkanes of at least 4 members (excludes halogenated alkanes) is 1. The molecular weight excluding hydrogens is 336 g/mol. The number of thiazole rings is 1. The van der Waals surface area contributed by atoms with Crippen molar-refractivity contribution in [3.8, 4) is 16.3 Å². The first-order valence-corrected chi connectivity index (χ1v) is 9.63. The van der Waals surface area contributed by atoms with Gasteiger partial charge in [0, 0.05) is 10.9 Å². The summed E-state index contributed by atoms with van der Waals surface area (Å²) in [6.45, 7) is 1.89. The molecule has 2 aromatic rings. The Morgan fingerprint density at radius 2 is 2.00 bits per heavy atom. The minimum absolute atomic E-state index is 0.0648. The first-order chi connectivity index (χ1) is 10.9. The van der Waals surface area contributed by atoms with Crippen LogP contribution in [0.2, 0.25) is 0 Å². The van der Waals surface area contributed by atoms with Gasteiger partial charge in [-0.25, -0.2) is 18.1 Å². The Bertz CT molecular complexity index is 767. The van der Waals surface area contributed by atoms with Crippen LogP contribution in [0.1, 0.15) is 30.3 Å². The van der Waals surface area contributed by atoms with Crippen LogP contribution in [-0.4, -0.2) is 32.2 Å². The van der Waals surface area contributed by atoms with Crippen molar-refractivity contribution in [3.05, 3.63) is 35.3 Å². The third kappa shape index (κ3) is 4.77. The van der Waals surface area contributed by atoms with Gasteiger partial charge in [-0.2, -0.15) is 0 Å². The molecule has 0 bridgehead atoms. The highest BCUT2D eigenvalue weighted by Crippen LogP contribution is 2.25. The van der Waals surface area contributed by atoms with Gasteiger partial charge in [0.15, 0.2) is 0 Å². The van der Waals surface area contributed by atoms with Crippen LogP contribution in [0.25, 0.3) is 10.6 Å². The van der Waals surface area contributed by atoms with Crippen LogP contribution in [0.4, 0.5) is 0 Å². The lowest BCUT2D eigenvalue weighted by Gasteiger charge is -2.04. The van der Waals surface area contributed by atoms with Gasteiger partial charge in [0.2, 0.25) is 10.0 Å². The zero-order valence-corrected chi connectivity index (χ0v) is 14.5. The number of nitrogens with zero attached hydrogens (tertiary/aromatic N) is 1. The van der Waals surface area contributed by atoms with E-state index in [1.165, 1.54) is 11.3 Å². The van der Waals surface area contributed by atoms with Crippen molar-refractivity contribution in [1.29, 1.82) is 0 Å². The van der Waals surface area contributed by atoms with Crippen molar-refractivity contribution in [2.75, 3.05) is 12.9 Å². The summed E-state index contributed by atoms with van der Waals surface area (Å²) >= 11 is 1.28. The topological polar surface area (TPSA) is 85.4 Å². The highest BCUT2D eigenvalue weighted by molar-refractivity contribution is 7.90. The van der Waals surface area contributed by atoms with Crippen molar-refractivity contribution in [2.24, 2.45) is 0 Å². The molecular formula is C15H18N2O4S2. The lowest BCUT2D eigenvalue weighted by atomic mass is 10.2. The molecule has 8 heteroatoms. The molecule has 0 atom stereocenters. The van der Waals surface area contributed by atoms with Gasteiger partial charge in [0.1, 0.15) is 16.5 Å². The molecule has 0 aliphatic rings.